The van der Waals surface area contributed by atoms with Crippen LogP contribution in [0.5, 0.6) is 0 Å². The number of nitrogens with one attached hydrogen (secondary N) is 1. The maximum absolute atomic E-state index is 13.9. The Labute approximate surface area is 184 Å². The fourth-order valence-electron chi connectivity index (χ4n) is 4.68. The van der Waals surface area contributed by atoms with Crippen LogP contribution in [0, 0.1) is 6.92 Å². The summed E-state index contributed by atoms with van der Waals surface area (Å²) in [6.07, 6.45) is 0.668. The molecule has 1 aliphatic heterocycles. The van der Waals surface area contributed by atoms with Crippen molar-refractivity contribution >= 4 is 15.9 Å². The SMILES string of the molecule is CCCS(=O)(=O)N1CCN(C2(CNC(=O)c3ccccc3C)CCC(F)(F)CC2)CC1. The molecule has 3 rings (SSSR count). The van der Waals surface area contributed by atoms with Crippen molar-refractivity contribution in [1.82, 2.24) is 14.5 Å². The summed E-state index contributed by atoms with van der Waals surface area (Å²) in [5.74, 6) is -2.77. The summed E-state index contributed by atoms with van der Waals surface area (Å²) in [6, 6.07) is 7.28. The van der Waals surface area contributed by atoms with Crippen LogP contribution < -0.4 is 5.32 Å². The highest BCUT2D eigenvalue weighted by molar-refractivity contribution is 7.89. The number of carbonyl (C=O) groups is 1. The molecule has 0 unspecified atom stereocenters. The first-order valence-electron chi connectivity index (χ1n) is 11.0. The van der Waals surface area contributed by atoms with Gasteiger partial charge in [-0.15, -0.1) is 0 Å². The molecule has 1 aromatic carbocycles. The number of halogens is 2. The van der Waals surface area contributed by atoms with Gasteiger partial charge in [0, 0.05) is 56.7 Å². The summed E-state index contributed by atoms with van der Waals surface area (Å²) < 4.78 is 54.2. The molecule has 1 aromatic rings. The van der Waals surface area contributed by atoms with Gasteiger partial charge in [-0.05, 0) is 37.8 Å². The maximum atomic E-state index is 13.9. The van der Waals surface area contributed by atoms with E-state index in [2.05, 4.69) is 10.2 Å². The van der Waals surface area contributed by atoms with Gasteiger partial charge in [0.15, 0.2) is 0 Å². The number of rotatable bonds is 7. The van der Waals surface area contributed by atoms with Crippen LogP contribution in [0.2, 0.25) is 0 Å². The van der Waals surface area contributed by atoms with E-state index < -0.39 is 21.5 Å². The number of hydrogen-bond acceptors (Lipinski definition) is 4. The van der Waals surface area contributed by atoms with Gasteiger partial charge >= 0.3 is 0 Å². The number of nitrogens with zero attached hydrogens (tertiary/aromatic N) is 2. The molecule has 0 atom stereocenters. The van der Waals surface area contributed by atoms with Crippen molar-refractivity contribution in [3.8, 4) is 0 Å². The summed E-state index contributed by atoms with van der Waals surface area (Å²) >= 11 is 0. The van der Waals surface area contributed by atoms with Gasteiger partial charge in [0.05, 0.1) is 5.75 Å². The van der Waals surface area contributed by atoms with Crippen molar-refractivity contribution in [2.75, 3.05) is 38.5 Å². The number of aryl methyl sites for hydroxylation is 1. The van der Waals surface area contributed by atoms with E-state index in [0.29, 0.717) is 38.2 Å². The fraction of sp³-hybridized carbons (Fsp3) is 0.682. The summed E-state index contributed by atoms with van der Waals surface area (Å²) in [5, 5.41) is 2.98. The van der Waals surface area contributed by atoms with Crippen molar-refractivity contribution in [3.63, 3.8) is 0 Å². The highest BCUT2D eigenvalue weighted by Crippen LogP contribution is 2.41. The fourth-order valence-corrected chi connectivity index (χ4v) is 6.18. The molecule has 1 aliphatic carbocycles. The zero-order chi connectivity index (χ0) is 22.7. The van der Waals surface area contributed by atoms with E-state index in [9.17, 15) is 22.0 Å². The summed E-state index contributed by atoms with van der Waals surface area (Å²) in [7, 11) is -3.28. The topological polar surface area (TPSA) is 69.7 Å². The Hall–Kier alpha value is -1.58. The van der Waals surface area contributed by atoms with Crippen LogP contribution in [0.1, 0.15) is 54.9 Å². The summed E-state index contributed by atoms with van der Waals surface area (Å²) in [5.41, 5.74) is 0.855. The van der Waals surface area contributed by atoms with Crippen molar-refractivity contribution < 1.29 is 22.0 Å². The zero-order valence-electron chi connectivity index (χ0n) is 18.4. The monoisotopic (exact) mass is 457 g/mol. The summed E-state index contributed by atoms with van der Waals surface area (Å²) in [4.78, 5) is 14.9. The van der Waals surface area contributed by atoms with Crippen LogP contribution >= 0.6 is 0 Å². The molecule has 31 heavy (non-hydrogen) atoms. The number of sulfonamides is 1. The van der Waals surface area contributed by atoms with Crippen LogP contribution in [0.25, 0.3) is 0 Å². The van der Waals surface area contributed by atoms with Crippen molar-refractivity contribution in [2.24, 2.45) is 0 Å². The first-order valence-corrected chi connectivity index (χ1v) is 12.6. The van der Waals surface area contributed by atoms with Gasteiger partial charge in [-0.1, -0.05) is 25.1 Å². The van der Waals surface area contributed by atoms with Gasteiger partial charge in [-0.3, -0.25) is 9.69 Å². The first-order chi connectivity index (χ1) is 14.6. The maximum Gasteiger partial charge on any atom is 0.251 e. The normalized spacial score (nSPS) is 22.2. The molecule has 1 N–H and O–H groups in total. The third kappa shape index (κ3) is 5.62. The van der Waals surface area contributed by atoms with E-state index in [1.165, 1.54) is 4.31 Å². The molecule has 1 heterocycles. The van der Waals surface area contributed by atoms with Gasteiger partial charge in [0.2, 0.25) is 15.9 Å². The highest BCUT2D eigenvalue weighted by atomic mass is 32.2. The predicted octanol–water partition coefficient (Wildman–Crippen LogP) is 3.03. The van der Waals surface area contributed by atoms with Crippen LogP contribution in [-0.2, 0) is 10.0 Å². The van der Waals surface area contributed by atoms with Gasteiger partial charge in [-0.25, -0.2) is 17.2 Å². The second-order valence-electron chi connectivity index (χ2n) is 8.78. The molecule has 2 fully saturated rings. The molecule has 1 saturated carbocycles. The van der Waals surface area contributed by atoms with E-state index in [1.807, 2.05) is 26.0 Å². The van der Waals surface area contributed by atoms with Crippen LogP contribution in [0.15, 0.2) is 24.3 Å². The molecule has 174 valence electrons. The van der Waals surface area contributed by atoms with E-state index >= 15 is 0 Å². The van der Waals surface area contributed by atoms with Gasteiger partial charge < -0.3 is 5.32 Å². The average molecular weight is 458 g/mol. The van der Waals surface area contributed by atoms with Crippen LogP contribution in [0.4, 0.5) is 8.78 Å². The van der Waals surface area contributed by atoms with E-state index in [4.69, 9.17) is 0 Å². The third-order valence-electron chi connectivity index (χ3n) is 6.64. The quantitative estimate of drug-likeness (QED) is 0.683. The third-order valence-corrected chi connectivity index (χ3v) is 8.72. The molecule has 6 nitrogen and oxygen atoms in total. The lowest BCUT2D eigenvalue weighted by Gasteiger charge is -2.50. The van der Waals surface area contributed by atoms with E-state index in [1.54, 1.807) is 12.1 Å². The van der Waals surface area contributed by atoms with E-state index in [0.717, 1.165) is 5.56 Å². The molecule has 0 radical (unpaired) electrons. The Bertz CT molecular complexity index is 874. The first kappa shape index (κ1) is 24.1. The molecule has 9 heteroatoms. The number of benzene rings is 1. The molecule has 0 aromatic heterocycles. The lowest BCUT2D eigenvalue weighted by Crippen LogP contribution is -2.63. The molecule has 0 spiro atoms. The van der Waals surface area contributed by atoms with Crippen molar-refractivity contribution in [3.05, 3.63) is 35.4 Å². The largest absolute Gasteiger partial charge is 0.350 e. The molecular formula is C22H33F2N3O3S. The molecule has 0 bridgehead atoms. The lowest BCUT2D eigenvalue weighted by molar-refractivity contribution is -0.0856. The smallest absolute Gasteiger partial charge is 0.251 e. The Morgan fingerprint density at radius 3 is 2.26 bits per heavy atom. The Morgan fingerprint density at radius 1 is 1.06 bits per heavy atom. The molecule has 1 amide bonds. The van der Waals surface area contributed by atoms with Crippen LogP contribution in [0.3, 0.4) is 0 Å². The standard InChI is InChI=1S/C22H33F2N3O3S/c1-3-16-31(29,30)27-14-12-26(13-15-27)21(8-10-22(23,24)11-9-21)17-25-20(28)19-7-5-4-6-18(19)2/h4-7H,3,8-17H2,1-2H3,(H,25,28). The minimum atomic E-state index is -3.28. The average Bonchev–Trinajstić information content (AvgIpc) is 2.73. The van der Waals surface area contributed by atoms with Crippen LogP contribution in [-0.4, -0.2) is 73.5 Å². The number of alkyl halides is 2. The zero-order valence-corrected chi connectivity index (χ0v) is 19.2. The Morgan fingerprint density at radius 2 is 1.68 bits per heavy atom. The molecular weight excluding hydrogens is 424 g/mol. The Balaban J connectivity index is 1.71. The van der Waals surface area contributed by atoms with Crippen molar-refractivity contribution in [1.29, 1.82) is 0 Å². The number of amides is 1. The number of carbonyl (C=O) groups excluding carboxylic acids is 1. The lowest BCUT2D eigenvalue weighted by atomic mass is 9.78. The minimum absolute atomic E-state index is 0.122. The number of hydrogen-bond donors (Lipinski definition) is 1. The van der Waals surface area contributed by atoms with Gasteiger partial charge in [-0.2, -0.15) is 4.31 Å². The second kappa shape index (κ2) is 9.50. The van der Waals surface area contributed by atoms with Gasteiger partial charge in [0.25, 0.3) is 5.91 Å². The van der Waals surface area contributed by atoms with Gasteiger partial charge in [0.1, 0.15) is 0 Å². The highest BCUT2D eigenvalue weighted by Gasteiger charge is 2.47. The Kier molecular flexibility index (Phi) is 7.38. The predicted molar refractivity (Wildman–Crippen MR) is 117 cm³/mol. The molecule has 2 aliphatic rings. The van der Waals surface area contributed by atoms with E-state index in [-0.39, 0.29) is 43.9 Å². The van der Waals surface area contributed by atoms with Crippen molar-refractivity contribution in [2.45, 2.75) is 57.4 Å². The molecule has 1 saturated heterocycles. The summed E-state index contributed by atoms with van der Waals surface area (Å²) in [6.45, 7) is 5.64. The minimum Gasteiger partial charge on any atom is -0.350 e. The second-order valence-corrected chi connectivity index (χ2v) is 10.9. The number of piperazine rings is 1.